The number of imidazole rings is 1. The molecule has 0 aliphatic carbocycles. The van der Waals surface area contributed by atoms with Crippen molar-refractivity contribution in [2.24, 2.45) is 0 Å². The summed E-state index contributed by atoms with van der Waals surface area (Å²) in [5, 5.41) is 9.47. The first-order chi connectivity index (χ1) is 13.2. The lowest BCUT2D eigenvalue weighted by Gasteiger charge is -2.05. The normalized spacial score (nSPS) is 10.7. The quantitative estimate of drug-likeness (QED) is 0.382. The molecule has 0 saturated carbocycles. The van der Waals surface area contributed by atoms with E-state index in [1.807, 2.05) is 35.0 Å². The van der Waals surface area contributed by atoms with Crippen LogP contribution in [0, 0.1) is 0 Å². The number of hydrogen-bond acceptors (Lipinski definition) is 7. The summed E-state index contributed by atoms with van der Waals surface area (Å²) in [5.74, 6) is -0.305. The molecule has 0 saturated heterocycles. The van der Waals surface area contributed by atoms with Gasteiger partial charge in [0.15, 0.2) is 5.16 Å². The third-order valence-corrected chi connectivity index (χ3v) is 6.03. The van der Waals surface area contributed by atoms with Crippen LogP contribution in [0.3, 0.4) is 0 Å². The van der Waals surface area contributed by atoms with Crippen molar-refractivity contribution < 1.29 is 14.3 Å². The van der Waals surface area contributed by atoms with Crippen LogP contribution in [0.2, 0.25) is 0 Å². The lowest BCUT2D eigenvalue weighted by atomic mass is 10.2. The molecular weight excluding hydrogens is 404 g/mol. The Morgan fingerprint density at radius 1 is 1.22 bits per heavy atom. The number of rotatable bonds is 8. The number of H-pyrrole nitrogens is 1. The molecule has 3 rings (SSSR count). The van der Waals surface area contributed by atoms with Crippen LogP contribution in [-0.4, -0.2) is 47.9 Å². The van der Waals surface area contributed by atoms with E-state index in [4.69, 9.17) is 4.74 Å². The predicted octanol–water partition coefficient (Wildman–Crippen LogP) is 3.43. The van der Waals surface area contributed by atoms with Gasteiger partial charge in [-0.1, -0.05) is 23.9 Å². The number of amides is 3. The molecule has 0 bridgehead atoms. The first-order valence-corrected chi connectivity index (χ1v) is 10.8. The molecule has 0 aliphatic rings. The Labute approximate surface area is 168 Å². The molecule has 0 aromatic carbocycles. The molecule has 0 fully saturated rings. The molecule has 0 aliphatic heterocycles. The van der Waals surface area contributed by atoms with Gasteiger partial charge in [-0.2, -0.15) is 0 Å². The molecule has 3 amide bonds. The summed E-state index contributed by atoms with van der Waals surface area (Å²) >= 11 is 4.49. The van der Waals surface area contributed by atoms with Gasteiger partial charge in [-0.3, -0.25) is 10.1 Å². The van der Waals surface area contributed by atoms with Gasteiger partial charge in [0, 0.05) is 13.7 Å². The smallest absolute Gasteiger partial charge is 0.321 e. The second-order valence-corrected chi connectivity index (χ2v) is 8.17. The molecule has 7 nitrogen and oxygen atoms in total. The summed E-state index contributed by atoms with van der Waals surface area (Å²) in [6, 6.07) is 7.48. The number of nitrogens with one attached hydrogen (secondary N) is 3. The lowest BCUT2D eigenvalue weighted by molar-refractivity contribution is -0.117. The fourth-order valence-electron chi connectivity index (χ4n) is 2.22. The van der Waals surface area contributed by atoms with Gasteiger partial charge in [0.05, 0.1) is 27.8 Å². The van der Waals surface area contributed by atoms with E-state index in [1.54, 1.807) is 29.8 Å². The number of hydrogen-bond donors (Lipinski definition) is 3. The SMILES string of the molecule is COCCNC(=O)NC(=O)CSc1nc(-c2cccs2)c(-c2cccs2)[nH]1. The van der Waals surface area contributed by atoms with Crippen molar-refractivity contribution >= 4 is 46.4 Å². The number of ether oxygens (including phenoxy) is 1. The van der Waals surface area contributed by atoms with E-state index in [9.17, 15) is 9.59 Å². The van der Waals surface area contributed by atoms with Gasteiger partial charge in [0.25, 0.3) is 0 Å². The maximum atomic E-state index is 11.9. The number of urea groups is 1. The van der Waals surface area contributed by atoms with Crippen LogP contribution >= 0.6 is 34.4 Å². The van der Waals surface area contributed by atoms with Crippen LogP contribution in [0.25, 0.3) is 21.1 Å². The number of carbonyl (C=O) groups excluding carboxylic acids is 2. The average molecular weight is 423 g/mol. The standard InChI is InChI=1S/C17H18N4O3S3/c1-24-7-6-18-16(23)19-13(22)10-27-17-20-14(11-4-2-8-25-11)15(21-17)12-5-3-9-26-12/h2-5,8-9H,6-7,10H2,1H3,(H,20,21)(H2,18,19,22,23). The number of nitrogens with zero attached hydrogens (tertiary/aromatic N) is 1. The number of methoxy groups -OCH3 is 1. The maximum Gasteiger partial charge on any atom is 0.321 e. The highest BCUT2D eigenvalue weighted by atomic mass is 32.2. The first kappa shape index (κ1) is 19.6. The molecule has 0 unspecified atom stereocenters. The summed E-state index contributed by atoms with van der Waals surface area (Å²) in [5.41, 5.74) is 1.81. The zero-order valence-corrected chi connectivity index (χ0v) is 16.9. The van der Waals surface area contributed by atoms with E-state index < -0.39 is 6.03 Å². The van der Waals surface area contributed by atoms with Crippen LogP contribution < -0.4 is 10.6 Å². The van der Waals surface area contributed by atoms with Crippen LogP contribution in [0.5, 0.6) is 0 Å². The molecule has 0 spiro atoms. The molecule has 3 aromatic rings. The van der Waals surface area contributed by atoms with Crippen LogP contribution in [0.4, 0.5) is 4.79 Å². The van der Waals surface area contributed by atoms with Crippen molar-refractivity contribution in [2.45, 2.75) is 5.16 Å². The van der Waals surface area contributed by atoms with E-state index in [0.717, 1.165) is 21.1 Å². The largest absolute Gasteiger partial charge is 0.383 e. The molecule has 0 radical (unpaired) electrons. The van der Waals surface area contributed by atoms with Gasteiger partial charge in [0.2, 0.25) is 5.91 Å². The van der Waals surface area contributed by atoms with Crippen LogP contribution in [-0.2, 0) is 9.53 Å². The van der Waals surface area contributed by atoms with Crippen molar-refractivity contribution in [2.75, 3.05) is 26.0 Å². The van der Waals surface area contributed by atoms with Gasteiger partial charge >= 0.3 is 6.03 Å². The Bertz CT molecular complexity index is 824. The van der Waals surface area contributed by atoms with E-state index in [1.165, 1.54) is 11.8 Å². The monoisotopic (exact) mass is 422 g/mol. The highest BCUT2D eigenvalue weighted by Crippen LogP contribution is 2.36. The van der Waals surface area contributed by atoms with Crippen molar-refractivity contribution in [1.82, 2.24) is 20.6 Å². The fraction of sp³-hybridized carbons (Fsp3) is 0.235. The number of thiophene rings is 2. The molecule has 0 atom stereocenters. The minimum Gasteiger partial charge on any atom is -0.383 e. The van der Waals surface area contributed by atoms with Crippen molar-refractivity contribution in [1.29, 1.82) is 0 Å². The Balaban J connectivity index is 1.63. The summed E-state index contributed by atoms with van der Waals surface area (Å²) in [7, 11) is 1.54. The number of thioether (sulfide) groups is 1. The Kier molecular flexibility index (Phi) is 7.04. The molecule has 27 heavy (non-hydrogen) atoms. The summed E-state index contributed by atoms with van der Waals surface area (Å²) in [6.45, 7) is 0.731. The fourth-order valence-corrected chi connectivity index (χ4v) is 4.33. The second kappa shape index (κ2) is 9.70. The predicted molar refractivity (Wildman–Crippen MR) is 109 cm³/mol. The number of imide groups is 1. The minimum absolute atomic E-state index is 0.0823. The van der Waals surface area contributed by atoms with E-state index in [0.29, 0.717) is 18.3 Å². The maximum absolute atomic E-state index is 11.9. The zero-order valence-electron chi connectivity index (χ0n) is 14.5. The summed E-state index contributed by atoms with van der Waals surface area (Å²) in [4.78, 5) is 33.6. The summed E-state index contributed by atoms with van der Waals surface area (Å²) in [6.07, 6.45) is 0. The number of aromatic nitrogens is 2. The molecule has 3 heterocycles. The third kappa shape index (κ3) is 5.42. The van der Waals surface area contributed by atoms with Crippen molar-refractivity contribution in [3.05, 3.63) is 35.0 Å². The van der Waals surface area contributed by atoms with E-state index >= 15 is 0 Å². The third-order valence-electron chi connectivity index (χ3n) is 3.39. The van der Waals surface area contributed by atoms with Gasteiger partial charge in [0.1, 0.15) is 5.69 Å². The number of carbonyl (C=O) groups is 2. The highest BCUT2D eigenvalue weighted by Gasteiger charge is 2.17. The molecule has 3 aromatic heterocycles. The van der Waals surface area contributed by atoms with E-state index in [-0.39, 0.29) is 11.7 Å². The van der Waals surface area contributed by atoms with E-state index in [2.05, 4.69) is 20.6 Å². The summed E-state index contributed by atoms with van der Waals surface area (Å²) < 4.78 is 4.84. The van der Waals surface area contributed by atoms with Crippen LogP contribution in [0.15, 0.2) is 40.2 Å². The van der Waals surface area contributed by atoms with Gasteiger partial charge < -0.3 is 15.0 Å². The zero-order chi connectivity index (χ0) is 19.1. The van der Waals surface area contributed by atoms with Crippen molar-refractivity contribution in [3.8, 4) is 21.1 Å². The lowest BCUT2D eigenvalue weighted by Crippen LogP contribution is -2.41. The van der Waals surface area contributed by atoms with Gasteiger partial charge in [-0.25, -0.2) is 9.78 Å². The average Bonchev–Trinajstić information content (AvgIpc) is 3.40. The topological polar surface area (TPSA) is 96.1 Å². The second-order valence-electron chi connectivity index (χ2n) is 5.31. The molecular formula is C17H18N4O3S3. The molecule has 142 valence electrons. The first-order valence-electron chi connectivity index (χ1n) is 8.04. The molecule has 3 N–H and O–H groups in total. The Morgan fingerprint density at radius 2 is 1.96 bits per heavy atom. The van der Waals surface area contributed by atoms with Gasteiger partial charge in [-0.05, 0) is 22.9 Å². The van der Waals surface area contributed by atoms with Gasteiger partial charge in [-0.15, -0.1) is 22.7 Å². The minimum atomic E-state index is -0.532. The Morgan fingerprint density at radius 3 is 2.63 bits per heavy atom. The molecule has 10 heteroatoms. The van der Waals surface area contributed by atoms with Crippen molar-refractivity contribution in [3.63, 3.8) is 0 Å². The number of aromatic amines is 1. The van der Waals surface area contributed by atoms with Crippen LogP contribution in [0.1, 0.15) is 0 Å². The highest BCUT2D eigenvalue weighted by molar-refractivity contribution is 7.99. The Hall–Kier alpha value is -2.14.